The van der Waals surface area contributed by atoms with E-state index in [-0.39, 0.29) is 11.1 Å². The van der Waals surface area contributed by atoms with Crippen molar-refractivity contribution in [2.75, 3.05) is 0 Å². The molecule has 0 unspecified atom stereocenters. The van der Waals surface area contributed by atoms with E-state index < -0.39 is 0 Å². The zero-order valence-electron chi connectivity index (χ0n) is 9.19. The van der Waals surface area contributed by atoms with Crippen LogP contribution in [0.1, 0.15) is 20.8 Å². The molecule has 3 heteroatoms. The fourth-order valence-corrected chi connectivity index (χ4v) is 1.57. The second kappa shape index (κ2) is 3.19. The predicted octanol–water partition coefficient (Wildman–Crippen LogP) is 2.15. The molecule has 15 heavy (non-hydrogen) atoms. The number of fused-ring (bicyclic) bond motifs is 1. The van der Waals surface area contributed by atoms with Gasteiger partial charge in [0.15, 0.2) is 0 Å². The van der Waals surface area contributed by atoms with Gasteiger partial charge in [-0.05, 0) is 26.8 Å². The van der Waals surface area contributed by atoms with E-state index in [1.165, 1.54) is 4.68 Å². The fraction of sp³-hybridized carbons (Fsp3) is 0.333. The second-order valence-corrected chi connectivity index (χ2v) is 4.62. The van der Waals surface area contributed by atoms with Crippen LogP contribution in [0.15, 0.2) is 35.3 Å². The standard InChI is InChI=1S/C12H14N2O/c1-12(2,3)14-11(15)10-7-5-4-6-9(10)8-13-14/h4-8H,1-3H3. The van der Waals surface area contributed by atoms with Gasteiger partial charge in [-0.1, -0.05) is 18.2 Å². The van der Waals surface area contributed by atoms with Gasteiger partial charge in [0.2, 0.25) is 0 Å². The van der Waals surface area contributed by atoms with E-state index in [1.54, 1.807) is 6.20 Å². The van der Waals surface area contributed by atoms with Crippen molar-refractivity contribution in [3.63, 3.8) is 0 Å². The molecule has 2 rings (SSSR count). The first-order chi connectivity index (χ1) is 7.00. The van der Waals surface area contributed by atoms with Gasteiger partial charge in [-0.2, -0.15) is 5.10 Å². The molecule has 0 spiro atoms. The molecule has 2 aromatic rings. The molecule has 0 bridgehead atoms. The van der Waals surface area contributed by atoms with Crippen LogP contribution in [0.4, 0.5) is 0 Å². The molecule has 3 nitrogen and oxygen atoms in total. The van der Waals surface area contributed by atoms with Crippen molar-refractivity contribution in [1.82, 2.24) is 9.78 Å². The smallest absolute Gasteiger partial charge is 0.267 e. The summed E-state index contributed by atoms with van der Waals surface area (Å²) in [4.78, 5) is 12.1. The first-order valence-corrected chi connectivity index (χ1v) is 4.98. The van der Waals surface area contributed by atoms with Crippen molar-refractivity contribution in [2.24, 2.45) is 0 Å². The molecule has 0 atom stereocenters. The molecule has 0 saturated heterocycles. The lowest BCUT2D eigenvalue weighted by molar-refractivity contribution is 0.340. The highest BCUT2D eigenvalue weighted by Gasteiger charge is 2.16. The van der Waals surface area contributed by atoms with E-state index in [1.807, 2.05) is 45.0 Å². The minimum Gasteiger partial charge on any atom is -0.267 e. The summed E-state index contributed by atoms with van der Waals surface area (Å²) < 4.78 is 1.52. The predicted molar refractivity (Wildman–Crippen MR) is 61.0 cm³/mol. The van der Waals surface area contributed by atoms with Crippen LogP contribution in [-0.2, 0) is 5.54 Å². The molecule has 1 aromatic carbocycles. The van der Waals surface area contributed by atoms with Crippen molar-refractivity contribution in [1.29, 1.82) is 0 Å². The van der Waals surface area contributed by atoms with Crippen LogP contribution in [0.2, 0.25) is 0 Å². The van der Waals surface area contributed by atoms with Crippen LogP contribution in [0.25, 0.3) is 10.8 Å². The lowest BCUT2D eigenvalue weighted by Crippen LogP contribution is -2.35. The van der Waals surface area contributed by atoms with Crippen LogP contribution in [0, 0.1) is 0 Å². The molecule has 1 aromatic heterocycles. The third kappa shape index (κ3) is 1.65. The molecule has 0 saturated carbocycles. The zero-order valence-corrected chi connectivity index (χ0v) is 9.19. The largest absolute Gasteiger partial charge is 0.275 e. The SMILES string of the molecule is CC(C)(C)n1ncc2ccccc2c1=O. The van der Waals surface area contributed by atoms with Crippen molar-refractivity contribution in [3.8, 4) is 0 Å². The molecular weight excluding hydrogens is 188 g/mol. The second-order valence-electron chi connectivity index (χ2n) is 4.62. The molecule has 0 aliphatic rings. The Morgan fingerprint density at radius 1 is 1.20 bits per heavy atom. The summed E-state index contributed by atoms with van der Waals surface area (Å²) in [7, 11) is 0. The maximum Gasteiger partial charge on any atom is 0.275 e. The molecule has 0 aliphatic heterocycles. The molecule has 0 aliphatic carbocycles. The normalized spacial score (nSPS) is 11.9. The molecule has 0 radical (unpaired) electrons. The number of nitrogens with zero attached hydrogens (tertiary/aromatic N) is 2. The highest BCUT2D eigenvalue weighted by molar-refractivity contribution is 5.80. The van der Waals surface area contributed by atoms with Crippen molar-refractivity contribution in [3.05, 3.63) is 40.8 Å². The maximum absolute atomic E-state index is 12.1. The summed E-state index contributed by atoms with van der Waals surface area (Å²) in [5.74, 6) is 0. The van der Waals surface area contributed by atoms with Crippen LogP contribution in [-0.4, -0.2) is 9.78 Å². The van der Waals surface area contributed by atoms with Crippen LogP contribution >= 0.6 is 0 Å². The van der Waals surface area contributed by atoms with Crippen molar-refractivity contribution in [2.45, 2.75) is 26.3 Å². The van der Waals surface area contributed by atoms with Gasteiger partial charge in [-0.25, -0.2) is 4.68 Å². The average Bonchev–Trinajstić information content (AvgIpc) is 2.16. The lowest BCUT2D eigenvalue weighted by Gasteiger charge is -2.20. The topological polar surface area (TPSA) is 34.9 Å². The third-order valence-corrected chi connectivity index (χ3v) is 2.33. The Kier molecular flexibility index (Phi) is 2.11. The summed E-state index contributed by atoms with van der Waals surface area (Å²) in [6.07, 6.45) is 1.74. The Hall–Kier alpha value is -1.64. The fourth-order valence-electron chi connectivity index (χ4n) is 1.57. The van der Waals surface area contributed by atoms with Crippen molar-refractivity contribution >= 4 is 10.8 Å². The van der Waals surface area contributed by atoms with Gasteiger partial charge in [0.1, 0.15) is 0 Å². The first-order valence-electron chi connectivity index (χ1n) is 4.98. The summed E-state index contributed by atoms with van der Waals surface area (Å²) in [6, 6.07) is 7.51. The highest BCUT2D eigenvalue weighted by atomic mass is 16.1. The summed E-state index contributed by atoms with van der Waals surface area (Å²) in [5, 5.41) is 5.80. The summed E-state index contributed by atoms with van der Waals surface area (Å²) >= 11 is 0. The average molecular weight is 202 g/mol. The van der Waals surface area contributed by atoms with E-state index in [9.17, 15) is 4.79 Å². The van der Waals surface area contributed by atoms with E-state index in [0.717, 1.165) is 10.8 Å². The van der Waals surface area contributed by atoms with Crippen LogP contribution in [0.3, 0.4) is 0 Å². The number of hydrogen-bond donors (Lipinski definition) is 0. The van der Waals surface area contributed by atoms with Crippen LogP contribution < -0.4 is 5.56 Å². The van der Waals surface area contributed by atoms with Gasteiger partial charge in [0.05, 0.1) is 17.1 Å². The Morgan fingerprint density at radius 2 is 1.87 bits per heavy atom. The van der Waals surface area contributed by atoms with E-state index in [2.05, 4.69) is 5.10 Å². The number of aromatic nitrogens is 2. The van der Waals surface area contributed by atoms with Gasteiger partial charge >= 0.3 is 0 Å². The number of rotatable bonds is 0. The van der Waals surface area contributed by atoms with Gasteiger partial charge in [-0.15, -0.1) is 0 Å². The summed E-state index contributed by atoms with van der Waals surface area (Å²) in [5.41, 5.74) is -0.304. The Balaban J connectivity index is 2.83. The monoisotopic (exact) mass is 202 g/mol. The first kappa shape index (κ1) is 9.90. The number of benzene rings is 1. The van der Waals surface area contributed by atoms with Gasteiger partial charge in [-0.3, -0.25) is 4.79 Å². The molecule has 0 amide bonds. The molecular formula is C12H14N2O. The Labute approximate surface area is 88.4 Å². The van der Waals surface area contributed by atoms with E-state index in [4.69, 9.17) is 0 Å². The lowest BCUT2D eigenvalue weighted by atomic mass is 10.1. The number of hydrogen-bond acceptors (Lipinski definition) is 2. The van der Waals surface area contributed by atoms with Gasteiger partial charge < -0.3 is 0 Å². The minimum absolute atomic E-state index is 0.0272. The van der Waals surface area contributed by atoms with E-state index in [0.29, 0.717) is 0 Å². The minimum atomic E-state index is -0.277. The molecule has 0 fully saturated rings. The Morgan fingerprint density at radius 3 is 2.53 bits per heavy atom. The molecule has 1 heterocycles. The molecule has 0 N–H and O–H groups in total. The maximum atomic E-state index is 12.1. The van der Waals surface area contributed by atoms with Crippen molar-refractivity contribution < 1.29 is 0 Å². The van der Waals surface area contributed by atoms with Gasteiger partial charge in [0.25, 0.3) is 5.56 Å². The van der Waals surface area contributed by atoms with Gasteiger partial charge in [0, 0.05) is 5.39 Å². The highest BCUT2D eigenvalue weighted by Crippen LogP contribution is 2.12. The molecule has 78 valence electrons. The van der Waals surface area contributed by atoms with E-state index >= 15 is 0 Å². The Bertz CT molecular complexity index is 549. The van der Waals surface area contributed by atoms with Crippen LogP contribution in [0.5, 0.6) is 0 Å². The third-order valence-electron chi connectivity index (χ3n) is 2.33. The zero-order chi connectivity index (χ0) is 11.1. The summed E-state index contributed by atoms with van der Waals surface area (Å²) in [6.45, 7) is 5.91. The quantitative estimate of drug-likeness (QED) is 0.656.